The fraction of sp³-hybridized carbons (Fsp3) is 0.238. The first-order valence-electron chi connectivity index (χ1n) is 9.11. The smallest absolute Gasteiger partial charge is 0.228 e. The van der Waals surface area contributed by atoms with Gasteiger partial charge in [-0.1, -0.05) is 26.0 Å². The molecule has 0 aliphatic carbocycles. The van der Waals surface area contributed by atoms with Gasteiger partial charge in [0.05, 0.1) is 14.8 Å². The first-order valence-corrected chi connectivity index (χ1v) is 10.2. The number of anilines is 2. The third kappa shape index (κ3) is 3.58. The lowest BCUT2D eigenvalue weighted by molar-refractivity contribution is 0.677. The highest BCUT2D eigenvalue weighted by Crippen LogP contribution is 2.31. The number of nitrogens with zero attached hydrogens (tertiary/aromatic N) is 5. The fourth-order valence-electron chi connectivity index (χ4n) is 3.34. The van der Waals surface area contributed by atoms with Gasteiger partial charge in [-0.3, -0.25) is 4.68 Å². The highest BCUT2D eigenvalue weighted by atomic mass is 127. The van der Waals surface area contributed by atoms with E-state index < -0.39 is 0 Å². The van der Waals surface area contributed by atoms with Gasteiger partial charge in [0.15, 0.2) is 0 Å². The molecule has 1 N–H and O–H groups in total. The summed E-state index contributed by atoms with van der Waals surface area (Å²) < 4.78 is 2.97. The van der Waals surface area contributed by atoms with E-state index in [1.165, 1.54) is 11.1 Å². The van der Waals surface area contributed by atoms with Crippen molar-refractivity contribution < 1.29 is 0 Å². The molecule has 0 spiro atoms. The highest BCUT2D eigenvalue weighted by Gasteiger charge is 2.15. The normalized spacial score (nSPS) is 11.4. The number of fused-ring (bicyclic) bond motifs is 1. The SMILES string of the molecule is Cc1ccc(Nc2ncc(I)c(-c3ccc4nn(C)c(C(C)C)c4c3)n2)nc1. The third-order valence-corrected chi connectivity index (χ3v) is 5.38. The average Bonchev–Trinajstić information content (AvgIpc) is 3.00. The molecule has 0 unspecified atom stereocenters. The molecular formula is C21H21IN6. The maximum atomic E-state index is 4.75. The molecule has 28 heavy (non-hydrogen) atoms. The molecule has 0 atom stereocenters. The maximum Gasteiger partial charge on any atom is 0.228 e. The molecule has 142 valence electrons. The molecule has 0 saturated heterocycles. The highest BCUT2D eigenvalue weighted by molar-refractivity contribution is 14.1. The standard InChI is InChI=1S/C21H21IN6/c1-12(2)20-15-9-14(6-7-17(15)27-28(20)4)19-16(22)11-24-21(26-19)25-18-8-5-13(3)10-23-18/h5-12H,1-4H3,(H,23,24,25,26). The molecule has 4 rings (SSSR count). The Morgan fingerprint density at radius 2 is 1.89 bits per heavy atom. The molecule has 1 aromatic carbocycles. The minimum Gasteiger partial charge on any atom is -0.309 e. The second kappa shape index (κ2) is 7.46. The van der Waals surface area contributed by atoms with Crippen molar-refractivity contribution in [2.75, 3.05) is 5.32 Å². The summed E-state index contributed by atoms with van der Waals surface area (Å²) in [6.07, 6.45) is 3.65. The Bertz CT molecular complexity index is 1150. The van der Waals surface area contributed by atoms with E-state index in [0.717, 1.165) is 31.7 Å². The van der Waals surface area contributed by atoms with Gasteiger partial charge in [-0.2, -0.15) is 5.10 Å². The summed E-state index contributed by atoms with van der Waals surface area (Å²) in [5.74, 6) is 1.64. The number of halogens is 1. The van der Waals surface area contributed by atoms with Crippen LogP contribution in [0, 0.1) is 10.5 Å². The van der Waals surface area contributed by atoms with Crippen molar-refractivity contribution in [2.24, 2.45) is 7.05 Å². The minimum atomic E-state index is 0.388. The van der Waals surface area contributed by atoms with Gasteiger partial charge in [-0.15, -0.1) is 0 Å². The van der Waals surface area contributed by atoms with Gasteiger partial charge < -0.3 is 5.32 Å². The van der Waals surface area contributed by atoms with Gasteiger partial charge in [-0.05, 0) is 59.2 Å². The van der Waals surface area contributed by atoms with Crippen LogP contribution in [-0.4, -0.2) is 24.7 Å². The van der Waals surface area contributed by atoms with Crippen LogP contribution in [0.3, 0.4) is 0 Å². The van der Waals surface area contributed by atoms with E-state index in [9.17, 15) is 0 Å². The summed E-state index contributed by atoms with van der Waals surface area (Å²) >= 11 is 2.28. The van der Waals surface area contributed by atoms with E-state index >= 15 is 0 Å². The predicted molar refractivity (Wildman–Crippen MR) is 121 cm³/mol. The lowest BCUT2D eigenvalue weighted by Gasteiger charge is -2.09. The molecule has 0 radical (unpaired) electrons. The molecule has 7 heteroatoms. The second-order valence-electron chi connectivity index (χ2n) is 7.13. The molecule has 0 aliphatic heterocycles. The zero-order valence-electron chi connectivity index (χ0n) is 16.2. The fourth-order valence-corrected chi connectivity index (χ4v) is 3.91. The number of hydrogen-bond donors (Lipinski definition) is 1. The predicted octanol–water partition coefficient (Wildman–Crippen LogP) is 5.21. The van der Waals surface area contributed by atoms with Crippen LogP contribution in [-0.2, 0) is 7.05 Å². The first-order chi connectivity index (χ1) is 13.4. The summed E-state index contributed by atoms with van der Waals surface area (Å²) in [5.41, 5.74) is 5.28. The molecule has 3 heterocycles. The molecule has 0 fully saturated rings. The lowest BCUT2D eigenvalue weighted by atomic mass is 10.0. The van der Waals surface area contributed by atoms with Crippen molar-refractivity contribution in [3.05, 3.63) is 57.6 Å². The Morgan fingerprint density at radius 3 is 2.61 bits per heavy atom. The topological polar surface area (TPSA) is 68.5 Å². The van der Waals surface area contributed by atoms with Crippen LogP contribution in [0.5, 0.6) is 0 Å². The van der Waals surface area contributed by atoms with Crippen molar-refractivity contribution in [2.45, 2.75) is 26.7 Å². The lowest BCUT2D eigenvalue weighted by Crippen LogP contribution is -2.01. The second-order valence-corrected chi connectivity index (χ2v) is 8.29. The van der Waals surface area contributed by atoms with Gasteiger partial charge in [0.2, 0.25) is 5.95 Å². The van der Waals surface area contributed by atoms with Gasteiger partial charge >= 0.3 is 0 Å². The van der Waals surface area contributed by atoms with E-state index in [0.29, 0.717) is 11.9 Å². The molecule has 4 aromatic rings. The van der Waals surface area contributed by atoms with Crippen molar-refractivity contribution in [1.29, 1.82) is 0 Å². The van der Waals surface area contributed by atoms with Crippen molar-refractivity contribution in [3.63, 3.8) is 0 Å². The van der Waals surface area contributed by atoms with Crippen LogP contribution < -0.4 is 5.32 Å². The van der Waals surface area contributed by atoms with E-state index in [1.54, 1.807) is 0 Å². The molecular weight excluding hydrogens is 463 g/mol. The maximum absolute atomic E-state index is 4.75. The van der Waals surface area contributed by atoms with Crippen molar-refractivity contribution >= 4 is 45.3 Å². The zero-order valence-corrected chi connectivity index (χ0v) is 18.4. The Morgan fingerprint density at radius 1 is 1.07 bits per heavy atom. The summed E-state index contributed by atoms with van der Waals surface area (Å²) in [5, 5.41) is 8.99. The van der Waals surface area contributed by atoms with Gasteiger partial charge in [-0.25, -0.2) is 15.0 Å². The van der Waals surface area contributed by atoms with Gasteiger partial charge in [0.1, 0.15) is 5.82 Å². The zero-order chi connectivity index (χ0) is 19.8. The summed E-state index contributed by atoms with van der Waals surface area (Å²) in [6.45, 7) is 6.39. The summed E-state index contributed by atoms with van der Waals surface area (Å²) in [4.78, 5) is 13.5. The van der Waals surface area contributed by atoms with E-state index in [1.807, 2.05) is 43.2 Å². The van der Waals surface area contributed by atoms with E-state index in [4.69, 9.17) is 4.98 Å². The van der Waals surface area contributed by atoms with Crippen LogP contribution in [0.1, 0.15) is 31.0 Å². The first kappa shape index (κ1) is 18.8. The quantitative estimate of drug-likeness (QED) is 0.403. The summed E-state index contributed by atoms with van der Waals surface area (Å²) in [7, 11) is 2.00. The number of rotatable bonds is 4. The van der Waals surface area contributed by atoms with Crippen LogP contribution in [0.2, 0.25) is 0 Å². The van der Waals surface area contributed by atoms with E-state index in [-0.39, 0.29) is 0 Å². The van der Waals surface area contributed by atoms with Crippen LogP contribution >= 0.6 is 22.6 Å². The number of aromatic nitrogens is 5. The summed E-state index contributed by atoms with van der Waals surface area (Å²) in [6, 6.07) is 10.2. The number of hydrogen-bond acceptors (Lipinski definition) is 5. The number of aryl methyl sites for hydroxylation is 2. The number of pyridine rings is 1. The molecule has 3 aromatic heterocycles. The molecule has 0 amide bonds. The van der Waals surface area contributed by atoms with Crippen molar-refractivity contribution in [3.8, 4) is 11.3 Å². The third-order valence-electron chi connectivity index (χ3n) is 4.59. The van der Waals surface area contributed by atoms with Gasteiger partial charge in [0, 0.05) is 36.1 Å². The molecule has 0 aliphatic rings. The Labute approximate surface area is 177 Å². The average molecular weight is 484 g/mol. The number of nitrogens with one attached hydrogen (secondary N) is 1. The minimum absolute atomic E-state index is 0.388. The molecule has 0 bridgehead atoms. The molecule has 0 saturated carbocycles. The van der Waals surface area contributed by atoms with Crippen LogP contribution in [0.15, 0.2) is 42.7 Å². The Hall–Kier alpha value is -2.55. The van der Waals surface area contributed by atoms with Crippen LogP contribution in [0.4, 0.5) is 11.8 Å². The van der Waals surface area contributed by atoms with Crippen molar-refractivity contribution in [1.82, 2.24) is 24.7 Å². The monoisotopic (exact) mass is 484 g/mol. The Kier molecular flexibility index (Phi) is 5.01. The largest absolute Gasteiger partial charge is 0.309 e. The number of benzene rings is 1. The van der Waals surface area contributed by atoms with Gasteiger partial charge in [0.25, 0.3) is 0 Å². The van der Waals surface area contributed by atoms with Crippen LogP contribution in [0.25, 0.3) is 22.2 Å². The van der Waals surface area contributed by atoms with E-state index in [2.05, 4.69) is 75.0 Å². The molecule has 6 nitrogen and oxygen atoms in total. The Balaban J connectivity index is 1.76.